The highest BCUT2D eigenvalue weighted by molar-refractivity contribution is 9.10. The van der Waals surface area contributed by atoms with Gasteiger partial charge in [0.15, 0.2) is 11.5 Å². The zero-order valence-corrected chi connectivity index (χ0v) is 14.1. The highest BCUT2D eigenvalue weighted by Crippen LogP contribution is 2.36. The normalized spacial score (nSPS) is 10.6. The maximum atomic E-state index is 5.75. The predicted octanol–water partition coefficient (Wildman–Crippen LogP) is 3.37. The summed E-state index contributed by atoms with van der Waals surface area (Å²) in [4.78, 5) is 0. The molecule has 5 heteroatoms. The van der Waals surface area contributed by atoms with Gasteiger partial charge in [-0.1, -0.05) is 13.3 Å². The van der Waals surface area contributed by atoms with Crippen LogP contribution >= 0.6 is 15.9 Å². The summed E-state index contributed by atoms with van der Waals surface area (Å²) in [7, 11) is 3.56. The first-order valence-corrected chi connectivity index (χ1v) is 7.73. The van der Waals surface area contributed by atoms with Gasteiger partial charge in [0, 0.05) is 13.2 Å². The number of methoxy groups -OCH3 is 1. The van der Waals surface area contributed by atoms with Crippen molar-refractivity contribution in [2.75, 3.05) is 34.0 Å². The van der Waals surface area contributed by atoms with E-state index < -0.39 is 0 Å². The van der Waals surface area contributed by atoms with Crippen molar-refractivity contribution in [3.05, 3.63) is 22.2 Å². The van der Waals surface area contributed by atoms with Gasteiger partial charge in [0.05, 0.1) is 18.2 Å². The standard InChI is InChI=1S/C15H24BrNO3/c1-4-5-6-19-7-8-20-15-13(16)9-12(11-17-2)10-14(15)18-3/h9-10,17H,4-8,11H2,1-3H3. The Bertz CT molecular complexity index is 399. The molecule has 0 radical (unpaired) electrons. The van der Waals surface area contributed by atoms with E-state index in [9.17, 15) is 0 Å². The molecule has 1 aromatic carbocycles. The molecule has 1 rings (SSSR count). The van der Waals surface area contributed by atoms with Crippen LogP contribution in [0.4, 0.5) is 0 Å². The van der Waals surface area contributed by atoms with E-state index in [1.165, 1.54) is 0 Å². The molecule has 114 valence electrons. The van der Waals surface area contributed by atoms with E-state index in [0.29, 0.717) is 13.2 Å². The Morgan fingerprint density at radius 2 is 2.00 bits per heavy atom. The topological polar surface area (TPSA) is 39.7 Å². The lowest BCUT2D eigenvalue weighted by molar-refractivity contribution is 0.0967. The Kier molecular flexibility index (Phi) is 8.65. The molecule has 0 fully saturated rings. The van der Waals surface area contributed by atoms with Gasteiger partial charge in [-0.15, -0.1) is 0 Å². The van der Waals surface area contributed by atoms with Crippen LogP contribution < -0.4 is 14.8 Å². The average Bonchev–Trinajstić information content (AvgIpc) is 2.44. The minimum absolute atomic E-state index is 0.518. The van der Waals surface area contributed by atoms with Crippen LogP contribution in [-0.2, 0) is 11.3 Å². The predicted molar refractivity (Wildman–Crippen MR) is 84.7 cm³/mol. The van der Waals surface area contributed by atoms with E-state index in [0.717, 1.165) is 47.5 Å². The first-order chi connectivity index (χ1) is 9.72. The summed E-state index contributed by atoms with van der Waals surface area (Å²) in [6, 6.07) is 4.01. The van der Waals surface area contributed by atoms with Crippen LogP contribution in [0.15, 0.2) is 16.6 Å². The van der Waals surface area contributed by atoms with Crippen molar-refractivity contribution in [2.45, 2.75) is 26.3 Å². The van der Waals surface area contributed by atoms with Crippen LogP contribution in [0.1, 0.15) is 25.3 Å². The molecular weight excluding hydrogens is 322 g/mol. The third kappa shape index (κ3) is 5.69. The average molecular weight is 346 g/mol. The summed E-state index contributed by atoms with van der Waals surface area (Å²) < 4.78 is 17.5. The Morgan fingerprint density at radius 1 is 1.20 bits per heavy atom. The van der Waals surface area contributed by atoms with Crippen molar-refractivity contribution in [2.24, 2.45) is 0 Å². The number of ether oxygens (including phenoxy) is 3. The van der Waals surface area contributed by atoms with E-state index in [-0.39, 0.29) is 0 Å². The first kappa shape index (κ1) is 17.3. The maximum absolute atomic E-state index is 5.75. The molecule has 0 aliphatic rings. The molecular formula is C15H24BrNO3. The van der Waals surface area contributed by atoms with Crippen LogP contribution in [0.25, 0.3) is 0 Å². The van der Waals surface area contributed by atoms with Gasteiger partial charge in [-0.3, -0.25) is 0 Å². The third-order valence-electron chi connectivity index (χ3n) is 2.79. The number of nitrogens with one attached hydrogen (secondary N) is 1. The number of hydrogen-bond acceptors (Lipinski definition) is 4. The van der Waals surface area contributed by atoms with Gasteiger partial charge in [0.25, 0.3) is 0 Å². The van der Waals surface area contributed by atoms with Gasteiger partial charge in [-0.05, 0) is 47.1 Å². The molecule has 0 aliphatic heterocycles. The minimum Gasteiger partial charge on any atom is -0.493 e. The van der Waals surface area contributed by atoms with E-state index in [1.54, 1.807) is 7.11 Å². The summed E-state index contributed by atoms with van der Waals surface area (Å²) in [5.74, 6) is 1.46. The molecule has 0 heterocycles. The van der Waals surface area contributed by atoms with E-state index >= 15 is 0 Å². The molecule has 0 saturated carbocycles. The molecule has 0 saturated heterocycles. The largest absolute Gasteiger partial charge is 0.493 e. The molecule has 4 nitrogen and oxygen atoms in total. The lowest BCUT2D eigenvalue weighted by Gasteiger charge is -2.14. The smallest absolute Gasteiger partial charge is 0.175 e. The van der Waals surface area contributed by atoms with Crippen LogP contribution in [0, 0.1) is 0 Å². The van der Waals surface area contributed by atoms with Crippen molar-refractivity contribution < 1.29 is 14.2 Å². The first-order valence-electron chi connectivity index (χ1n) is 6.94. The molecule has 0 aliphatic carbocycles. The van der Waals surface area contributed by atoms with Crippen LogP contribution in [0.5, 0.6) is 11.5 Å². The molecule has 20 heavy (non-hydrogen) atoms. The molecule has 0 bridgehead atoms. The maximum Gasteiger partial charge on any atom is 0.175 e. The SMILES string of the molecule is CCCCOCCOc1c(Br)cc(CNC)cc1OC. The number of benzene rings is 1. The van der Waals surface area contributed by atoms with Gasteiger partial charge in [-0.25, -0.2) is 0 Å². The quantitative estimate of drug-likeness (QED) is 0.660. The van der Waals surface area contributed by atoms with Crippen molar-refractivity contribution in [1.29, 1.82) is 0 Å². The summed E-state index contributed by atoms with van der Waals surface area (Å²) in [6.45, 7) is 4.83. The fraction of sp³-hybridized carbons (Fsp3) is 0.600. The van der Waals surface area contributed by atoms with Gasteiger partial charge in [0.1, 0.15) is 6.61 Å². The van der Waals surface area contributed by atoms with E-state index in [4.69, 9.17) is 14.2 Å². The Labute approximate surface area is 129 Å². The Balaban J connectivity index is 2.55. The van der Waals surface area contributed by atoms with Gasteiger partial charge < -0.3 is 19.5 Å². The van der Waals surface area contributed by atoms with Gasteiger partial charge >= 0.3 is 0 Å². The van der Waals surface area contributed by atoms with E-state index in [1.807, 2.05) is 19.2 Å². The highest BCUT2D eigenvalue weighted by Gasteiger charge is 2.11. The number of halogens is 1. The van der Waals surface area contributed by atoms with Crippen molar-refractivity contribution in [1.82, 2.24) is 5.32 Å². The monoisotopic (exact) mass is 345 g/mol. The lowest BCUT2D eigenvalue weighted by Crippen LogP contribution is -2.09. The molecule has 1 N–H and O–H groups in total. The second-order valence-corrected chi connectivity index (χ2v) is 5.31. The number of hydrogen-bond donors (Lipinski definition) is 1. The zero-order chi connectivity index (χ0) is 14.8. The Morgan fingerprint density at radius 3 is 2.65 bits per heavy atom. The minimum atomic E-state index is 0.518. The van der Waals surface area contributed by atoms with Gasteiger partial charge in [-0.2, -0.15) is 0 Å². The van der Waals surface area contributed by atoms with Crippen molar-refractivity contribution in [3.8, 4) is 11.5 Å². The van der Waals surface area contributed by atoms with Crippen LogP contribution in [-0.4, -0.2) is 34.0 Å². The summed E-state index contributed by atoms with van der Waals surface area (Å²) in [5, 5.41) is 3.12. The van der Waals surface area contributed by atoms with Crippen LogP contribution in [0.2, 0.25) is 0 Å². The lowest BCUT2D eigenvalue weighted by atomic mass is 10.2. The Hall–Kier alpha value is -0.780. The zero-order valence-electron chi connectivity index (χ0n) is 12.5. The summed E-state index contributed by atoms with van der Waals surface area (Å²) >= 11 is 3.53. The molecule has 0 spiro atoms. The van der Waals surface area contributed by atoms with Gasteiger partial charge in [0.2, 0.25) is 0 Å². The number of rotatable bonds is 10. The van der Waals surface area contributed by atoms with Crippen molar-refractivity contribution in [3.63, 3.8) is 0 Å². The van der Waals surface area contributed by atoms with Crippen LogP contribution in [0.3, 0.4) is 0 Å². The molecule has 0 atom stereocenters. The molecule has 0 amide bonds. The molecule has 0 unspecified atom stereocenters. The second kappa shape index (κ2) is 10.0. The van der Waals surface area contributed by atoms with Crippen molar-refractivity contribution >= 4 is 15.9 Å². The second-order valence-electron chi connectivity index (χ2n) is 4.45. The third-order valence-corrected chi connectivity index (χ3v) is 3.38. The summed E-state index contributed by atoms with van der Waals surface area (Å²) in [6.07, 6.45) is 2.24. The molecule has 1 aromatic rings. The fourth-order valence-electron chi connectivity index (χ4n) is 1.77. The van der Waals surface area contributed by atoms with E-state index in [2.05, 4.69) is 28.2 Å². The fourth-order valence-corrected chi connectivity index (χ4v) is 2.37. The number of unbranched alkanes of at least 4 members (excludes halogenated alkanes) is 1. The highest BCUT2D eigenvalue weighted by atomic mass is 79.9. The molecule has 0 aromatic heterocycles. The summed E-state index contributed by atoms with van der Waals surface area (Å²) in [5.41, 5.74) is 1.14.